The highest BCUT2D eigenvalue weighted by molar-refractivity contribution is 6.35. The van der Waals surface area contributed by atoms with Crippen molar-refractivity contribution in [2.24, 2.45) is 5.92 Å². The maximum absolute atomic E-state index is 12.4. The molecule has 0 saturated carbocycles. The van der Waals surface area contributed by atoms with Gasteiger partial charge in [0.2, 0.25) is 5.91 Å². The number of ether oxygens (including phenoxy) is 1. The van der Waals surface area contributed by atoms with Gasteiger partial charge in [-0.25, -0.2) is 0 Å². The number of hydrogen-bond donors (Lipinski definition) is 1. The van der Waals surface area contributed by atoms with Crippen molar-refractivity contribution in [1.82, 2.24) is 10.2 Å². The number of piperidine rings is 1. The second kappa shape index (κ2) is 10.1. The molecule has 1 aliphatic rings. The first-order valence-corrected chi connectivity index (χ1v) is 10.2. The molecule has 2 amide bonds. The maximum Gasteiger partial charge on any atom is 0.311 e. The summed E-state index contributed by atoms with van der Waals surface area (Å²) in [4.78, 5) is 38.4. The van der Waals surface area contributed by atoms with Crippen LogP contribution in [0.3, 0.4) is 0 Å². The SMILES string of the molecule is CCC(=O)N1CCCC(C(=O)OC(C)C(=O)NC(C)c2ccc(Cl)cc2Cl)C1. The number of hydrogen-bond acceptors (Lipinski definition) is 4. The molecule has 3 unspecified atom stereocenters. The van der Waals surface area contributed by atoms with Gasteiger partial charge in [0.25, 0.3) is 5.91 Å². The van der Waals surface area contributed by atoms with Gasteiger partial charge in [-0.3, -0.25) is 14.4 Å². The Balaban J connectivity index is 1.90. The molecule has 154 valence electrons. The van der Waals surface area contributed by atoms with E-state index in [2.05, 4.69) is 5.32 Å². The third-order valence-electron chi connectivity index (χ3n) is 4.86. The molecule has 1 aliphatic heterocycles. The third kappa shape index (κ3) is 5.85. The van der Waals surface area contributed by atoms with E-state index in [4.69, 9.17) is 27.9 Å². The zero-order chi connectivity index (χ0) is 20.8. The van der Waals surface area contributed by atoms with Gasteiger partial charge in [-0.15, -0.1) is 0 Å². The van der Waals surface area contributed by atoms with Crippen molar-refractivity contribution in [3.05, 3.63) is 33.8 Å². The first-order valence-electron chi connectivity index (χ1n) is 9.46. The minimum absolute atomic E-state index is 0.0250. The lowest BCUT2D eigenvalue weighted by molar-refractivity contribution is -0.161. The van der Waals surface area contributed by atoms with E-state index in [0.29, 0.717) is 36.0 Å². The molecule has 1 aromatic rings. The lowest BCUT2D eigenvalue weighted by atomic mass is 9.98. The summed E-state index contributed by atoms with van der Waals surface area (Å²) in [5, 5.41) is 3.76. The number of esters is 1. The first kappa shape index (κ1) is 22.5. The van der Waals surface area contributed by atoms with Gasteiger partial charge in [-0.05, 0) is 44.4 Å². The molecule has 1 heterocycles. The number of benzene rings is 1. The smallest absolute Gasteiger partial charge is 0.311 e. The molecule has 2 rings (SSSR count). The van der Waals surface area contributed by atoms with Gasteiger partial charge in [-0.2, -0.15) is 0 Å². The summed E-state index contributed by atoms with van der Waals surface area (Å²) < 4.78 is 5.36. The number of likely N-dealkylation sites (tertiary alicyclic amines) is 1. The van der Waals surface area contributed by atoms with Crippen molar-refractivity contribution in [3.8, 4) is 0 Å². The number of halogens is 2. The van der Waals surface area contributed by atoms with E-state index in [9.17, 15) is 14.4 Å². The van der Waals surface area contributed by atoms with Crippen LogP contribution in [0, 0.1) is 5.92 Å². The zero-order valence-electron chi connectivity index (χ0n) is 16.3. The number of nitrogens with zero attached hydrogens (tertiary/aromatic N) is 1. The molecular weight excluding hydrogens is 403 g/mol. The standard InChI is InChI=1S/C20H26Cl2N2O4/c1-4-18(25)24-9-5-6-14(11-24)20(27)28-13(3)19(26)23-12(2)16-8-7-15(21)10-17(16)22/h7-8,10,12-14H,4-6,9,11H2,1-3H3,(H,23,26). The molecule has 1 aromatic carbocycles. The van der Waals surface area contributed by atoms with Crippen molar-refractivity contribution >= 4 is 41.0 Å². The molecule has 6 nitrogen and oxygen atoms in total. The van der Waals surface area contributed by atoms with E-state index in [1.165, 1.54) is 6.92 Å². The van der Waals surface area contributed by atoms with Gasteiger partial charge >= 0.3 is 5.97 Å². The van der Waals surface area contributed by atoms with Gasteiger partial charge in [-0.1, -0.05) is 36.2 Å². The summed E-state index contributed by atoms with van der Waals surface area (Å²) in [5.74, 6) is -1.24. The second-order valence-electron chi connectivity index (χ2n) is 7.01. The Hall–Kier alpha value is -1.79. The predicted octanol–water partition coefficient (Wildman–Crippen LogP) is 3.75. The Morgan fingerprint density at radius 3 is 2.64 bits per heavy atom. The quantitative estimate of drug-likeness (QED) is 0.699. The minimum atomic E-state index is -0.946. The average molecular weight is 429 g/mol. The molecule has 0 spiro atoms. The van der Waals surface area contributed by atoms with Gasteiger partial charge in [0.05, 0.1) is 12.0 Å². The van der Waals surface area contributed by atoms with Crippen LogP contribution in [0.15, 0.2) is 18.2 Å². The summed E-state index contributed by atoms with van der Waals surface area (Å²) in [6.07, 6.45) is 0.861. The first-order chi connectivity index (χ1) is 13.2. The summed E-state index contributed by atoms with van der Waals surface area (Å²) in [5.41, 5.74) is 0.721. The third-order valence-corrected chi connectivity index (χ3v) is 5.42. The van der Waals surface area contributed by atoms with Crippen LogP contribution < -0.4 is 5.32 Å². The number of carbonyl (C=O) groups is 3. The Bertz CT molecular complexity index is 741. The van der Waals surface area contributed by atoms with Gasteiger partial charge < -0.3 is 15.0 Å². The van der Waals surface area contributed by atoms with Crippen molar-refractivity contribution in [1.29, 1.82) is 0 Å². The highest BCUT2D eigenvalue weighted by Crippen LogP contribution is 2.26. The number of amides is 2. The molecule has 28 heavy (non-hydrogen) atoms. The van der Waals surface area contributed by atoms with Crippen LogP contribution in [-0.4, -0.2) is 41.9 Å². The van der Waals surface area contributed by atoms with E-state index in [-0.39, 0.29) is 11.9 Å². The van der Waals surface area contributed by atoms with Crippen LogP contribution in [0.2, 0.25) is 10.0 Å². The summed E-state index contributed by atoms with van der Waals surface area (Å²) in [6, 6.07) is 4.68. The van der Waals surface area contributed by atoms with Crippen LogP contribution in [-0.2, 0) is 19.1 Å². The molecule has 3 atom stereocenters. The molecule has 0 radical (unpaired) electrons. The number of rotatable bonds is 6. The second-order valence-corrected chi connectivity index (χ2v) is 7.85. The van der Waals surface area contributed by atoms with Crippen LogP contribution in [0.5, 0.6) is 0 Å². The van der Waals surface area contributed by atoms with Crippen LogP contribution in [0.25, 0.3) is 0 Å². The van der Waals surface area contributed by atoms with Crippen LogP contribution in [0.4, 0.5) is 0 Å². The lowest BCUT2D eigenvalue weighted by Gasteiger charge is -2.32. The summed E-state index contributed by atoms with van der Waals surface area (Å²) in [7, 11) is 0. The molecule has 1 N–H and O–H groups in total. The number of carbonyl (C=O) groups excluding carboxylic acids is 3. The lowest BCUT2D eigenvalue weighted by Crippen LogP contribution is -2.44. The normalized spacial score (nSPS) is 18.9. The fourth-order valence-electron chi connectivity index (χ4n) is 3.20. The highest BCUT2D eigenvalue weighted by atomic mass is 35.5. The molecule has 0 aliphatic carbocycles. The summed E-state index contributed by atoms with van der Waals surface area (Å²) >= 11 is 12.1. The topological polar surface area (TPSA) is 75.7 Å². The van der Waals surface area contributed by atoms with E-state index in [0.717, 1.165) is 12.0 Å². The predicted molar refractivity (Wildman–Crippen MR) is 108 cm³/mol. The fourth-order valence-corrected chi connectivity index (χ4v) is 3.78. The fraction of sp³-hybridized carbons (Fsp3) is 0.550. The molecule has 1 saturated heterocycles. The van der Waals surface area contributed by atoms with Crippen molar-refractivity contribution in [3.63, 3.8) is 0 Å². The number of nitrogens with one attached hydrogen (secondary N) is 1. The Kier molecular flexibility index (Phi) is 8.13. The van der Waals surface area contributed by atoms with Gasteiger partial charge in [0.15, 0.2) is 6.10 Å². The Morgan fingerprint density at radius 2 is 2.00 bits per heavy atom. The van der Waals surface area contributed by atoms with Gasteiger partial charge in [0, 0.05) is 29.6 Å². The average Bonchev–Trinajstić information content (AvgIpc) is 2.67. The van der Waals surface area contributed by atoms with Crippen molar-refractivity contribution in [2.45, 2.75) is 52.2 Å². The van der Waals surface area contributed by atoms with Crippen molar-refractivity contribution in [2.75, 3.05) is 13.1 Å². The van der Waals surface area contributed by atoms with E-state index < -0.39 is 23.9 Å². The van der Waals surface area contributed by atoms with E-state index >= 15 is 0 Å². The Morgan fingerprint density at radius 1 is 1.29 bits per heavy atom. The van der Waals surface area contributed by atoms with E-state index in [1.54, 1.807) is 36.9 Å². The highest BCUT2D eigenvalue weighted by Gasteiger charge is 2.31. The largest absolute Gasteiger partial charge is 0.452 e. The van der Waals surface area contributed by atoms with Crippen molar-refractivity contribution < 1.29 is 19.1 Å². The van der Waals surface area contributed by atoms with Crippen LogP contribution in [0.1, 0.15) is 51.6 Å². The minimum Gasteiger partial charge on any atom is -0.452 e. The Labute approximate surface area is 175 Å². The monoisotopic (exact) mass is 428 g/mol. The maximum atomic E-state index is 12.4. The molecule has 0 bridgehead atoms. The van der Waals surface area contributed by atoms with Crippen LogP contribution >= 0.6 is 23.2 Å². The molecule has 1 fully saturated rings. The van der Waals surface area contributed by atoms with Gasteiger partial charge in [0.1, 0.15) is 0 Å². The summed E-state index contributed by atoms with van der Waals surface area (Å²) in [6.45, 7) is 6.12. The molecule has 8 heteroatoms. The van der Waals surface area contributed by atoms with E-state index in [1.807, 2.05) is 0 Å². The molecule has 0 aromatic heterocycles. The molecular formula is C20H26Cl2N2O4. The zero-order valence-corrected chi connectivity index (χ0v) is 17.8.